The third kappa shape index (κ3) is 5.93. The van der Waals surface area contributed by atoms with Gasteiger partial charge in [0.05, 0.1) is 24.8 Å². The molecule has 0 radical (unpaired) electrons. The normalized spacial score (nSPS) is 21.0. The van der Waals surface area contributed by atoms with Crippen LogP contribution >= 0.6 is 23.2 Å². The van der Waals surface area contributed by atoms with Gasteiger partial charge in [-0.05, 0) is 80.1 Å². The first-order valence-electron chi connectivity index (χ1n) is 13.8. The Kier molecular flexibility index (Phi) is 8.57. The van der Waals surface area contributed by atoms with Crippen molar-refractivity contribution in [1.82, 2.24) is 9.80 Å². The highest BCUT2D eigenvalue weighted by Gasteiger charge is 2.45. The molecule has 5 rings (SSSR count). The van der Waals surface area contributed by atoms with Gasteiger partial charge < -0.3 is 14.4 Å². The Labute approximate surface area is 246 Å². The number of hydrogen-bond acceptors (Lipinski definition) is 4. The number of amidine groups is 1. The van der Waals surface area contributed by atoms with Crippen LogP contribution in [0.3, 0.4) is 0 Å². The number of benzene rings is 3. The average Bonchev–Trinajstić information content (AvgIpc) is 3.33. The van der Waals surface area contributed by atoms with E-state index in [1.165, 1.54) is 0 Å². The van der Waals surface area contributed by atoms with Crippen LogP contribution in [0, 0.1) is 5.92 Å². The Morgan fingerprint density at radius 1 is 0.975 bits per heavy atom. The van der Waals surface area contributed by atoms with Gasteiger partial charge in [0.2, 0.25) is 0 Å². The Balaban J connectivity index is 1.70. The van der Waals surface area contributed by atoms with Gasteiger partial charge in [-0.1, -0.05) is 54.4 Å². The van der Waals surface area contributed by atoms with Crippen LogP contribution < -0.4 is 9.47 Å². The van der Waals surface area contributed by atoms with Crippen LogP contribution in [0.4, 0.5) is 4.79 Å². The zero-order valence-electron chi connectivity index (χ0n) is 23.3. The predicted octanol–water partition coefficient (Wildman–Crippen LogP) is 8.19. The average molecular weight is 581 g/mol. The number of rotatable bonds is 6. The zero-order chi connectivity index (χ0) is 28.4. The topological polar surface area (TPSA) is 54.4 Å². The minimum Gasteiger partial charge on any atom is -0.497 e. The molecule has 3 aromatic carbocycles. The van der Waals surface area contributed by atoms with Crippen molar-refractivity contribution in [3.05, 3.63) is 93.5 Å². The molecule has 210 valence electrons. The molecule has 6 nitrogen and oxygen atoms in total. The van der Waals surface area contributed by atoms with Crippen LogP contribution in [0.25, 0.3) is 0 Å². The van der Waals surface area contributed by atoms with Crippen molar-refractivity contribution in [3.63, 3.8) is 0 Å². The summed E-state index contributed by atoms with van der Waals surface area (Å²) in [4.78, 5) is 23.6. The summed E-state index contributed by atoms with van der Waals surface area (Å²) in [7, 11) is 1.63. The standard InChI is InChI=1S/C32H35Cl2N3O3/c1-20(2)40-28-18-26(39-4)15-16-27(28)31-35-29(22-7-11-24(33)12-8-22)30(23-9-13-25(34)14-10-23)37(31)32(38)36-17-5-6-21(3)19-36/h7-16,18,20-21,29-30H,5-6,17,19H2,1-4H3. The van der Waals surface area contributed by atoms with Gasteiger partial charge in [0, 0.05) is 29.2 Å². The first-order chi connectivity index (χ1) is 19.2. The van der Waals surface area contributed by atoms with Crippen molar-refractivity contribution in [3.8, 4) is 11.5 Å². The number of aliphatic imine (C=N–C) groups is 1. The highest BCUT2D eigenvalue weighted by Crippen LogP contribution is 2.46. The van der Waals surface area contributed by atoms with Crippen molar-refractivity contribution in [2.24, 2.45) is 10.9 Å². The largest absolute Gasteiger partial charge is 0.497 e. The molecule has 2 aliphatic rings. The van der Waals surface area contributed by atoms with Gasteiger partial charge in [-0.2, -0.15) is 0 Å². The third-order valence-corrected chi connectivity index (χ3v) is 7.92. The van der Waals surface area contributed by atoms with Gasteiger partial charge in [-0.3, -0.25) is 9.89 Å². The summed E-state index contributed by atoms with van der Waals surface area (Å²) in [5.74, 6) is 2.29. The molecular formula is C32H35Cl2N3O3. The molecule has 0 aromatic heterocycles. The Morgan fingerprint density at radius 2 is 1.62 bits per heavy atom. The van der Waals surface area contributed by atoms with Gasteiger partial charge in [0.25, 0.3) is 0 Å². The van der Waals surface area contributed by atoms with Crippen molar-refractivity contribution in [1.29, 1.82) is 0 Å². The van der Waals surface area contributed by atoms with E-state index < -0.39 is 6.04 Å². The van der Waals surface area contributed by atoms with E-state index in [1.807, 2.05) is 90.4 Å². The molecule has 0 N–H and O–H groups in total. The number of nitrogens with zero attached hydrogens (tertiary/aromatic N) is 3. The van der Waals surface area contributed by atoms with Crippen molar-refractivity contribution < 1.29 is 14.3 Å². The summed E-state index contributed by atoms with van der Waals surface area (Å²) in [6, 6.07) is 20.2. The number of amides is 2. The molecule has 1 saturated heterocycles. The lowest BCUT2D eigenvalue weighted by Crippen LogP contribution is -2.49. The summed E-state index contributed by atoms with van der Waals surface area (Å²) < 4.78 is 11.8. The van der Waals surface area contributed by atoms with E-state index in [4.69, 9.17) is 37.7 Å². The predicted molar refractivity (Wildman–Crippen MR) is 161 cm³/mol. The molecule has 2 heterocycles. The lowest BCUT2D eigenvalue weighted by molar-refractivity contribution is 0.140. The van der Waals surface area contributed by atoms with Gasteiger partial charge in [0.1, 0.15) is 23.4 Å². The van der Waals surface area contributed by atoms with E-state index >= 15 is 0 Å². The van der Waals surface area contributed by atoms with Gasteiger partial charge in [-0.15, -0.1) is 0 Å². The van der Waals surface area contributed by atoms with E-state index in [1.54, 1.807) is 7.11 Å². The molecule has 0 spiro atoms. The highest BCUT2D eigenvalue weighted by molar-refractivity contribution is 6.30. The summed E-state index contributed by atoms with van der Waals surface area (Å²) in [5.41, 5.74) is 2.65. The second-order valence-corrected chi connectivity index (χ2v) is 11.7. The number of piperidine rings is 1. The molecule has 8 heteroatoms. The van der Waals surface area contributed by atoms with Crippen molar-refractivity contribution in [2.45, 2.75) is 51.8 Å². The van der Waals surface area contributed by atoms with E-state index in [0.717, 1.165) is 29.5 Å². The van der Waals surface area contributed by atoms with Crippen molar-refractivity contribution >= 4 is 35.1 Å². The van der Waals surface area contributed by atoms with E-state index in [9.17, 15) is 4.79 Å². The number of halogens is 2. The minimum atomic E-state index is -0.396. The summed E-state index contributed by atoms with van der Waals surface area (Å²) >= 11 is 12.5. The molecule has 0 bridgehead atoms. The van der Waals surface area contributed by atoms with Crippen LogP contribution in [-0.2, 0) is 0 Å². The number of ether oxygens (including phenoxy) is 2. The second-order valence-electron chi connectivity index (χ2n) is 10.8. The molecule has 1 fully saturated rings. The fourth-order valence-corrected chi connectivity index (χ4v) is 5.79. The van der Waals surface area contributed by atoms with Crippen LogP contribution in [0.15, 0.2) is 71.7 Å². The van der Waals surface area contributed by atoms with Gasteiger partial charge in [0.15, 0.2) is 0 Å². The van der Waals surface area contributed by atoms with Gasteiger partial charge >= 0.3 is 6.03 Å². The smallest absolute Gasteiger partial charge is 0.326 e. The van der Waals surface area contributed by atoms with Crippen molar-refractivity contribution in [2.75, 3.05) is 20.2 Å². The SMILES string of the molecule is COc1ccc(C2=NC(c3ccc(Cl)cc3)C(c3ccc(Cl)cc3)N2C(=O)N2CCCC(C)C2)c(OC(C)C)c1. The third-order valence-electron chi connectivity index (χ3n) is 7.42. The first-order valence-corrected chi connectivity index (χ1v) is 14.5. The molecule has 0 saturated carbocycles. The number of likely N-dealkylation sites (tertiary alicyclic amines) is 1. The maximum Gasteiger partial charge on any atom is 0.326 e. The number of methoxy groups -OCH3 is 1. The lowest BCUT2D eigenvalue weighted by atomic mass is 9.93. The minimum absolute atomic E-state index is 0.0620. The molecule has 2 aliphatic heterocycles. The maximum absolute atomic E-state index is 14.5. The summed E-state index contributed by atoms with van der Waals surface area (Å²) in [6.07, 6.45) is 2.01. The maximum atomic E-state index is 14.5. The summed E-state index contributed by atoms with van der Waals surface area (Å²) in [6.45, 7) is 7.57. The second kappa shape index (κ2) is 12.1. The van der Waals surface area contributed by atoms with E-state index in [2.05, 4.69) is 6.92 Å². The highest BCUT2D eigenvalue weighted by atomic mass is 35.5. The van der Waals surface area contributed by atoms with Crippen LogP contribution in [-0.4, -0.2) is 48.0 Å². The molecule has 3 atom stereocenters. The first kappa shape index (κ1) is 28.3. The Morgan fingerprint density at radius 3 is 2.23 bits per heavy atom. The quantitative estimate of drug-likeness (QED) is 0.296. The number of carbonyl (C=O) groups excluding carboxylic acids is 1. The lowest BCUT2D eigenvalue weighted by Gasteiger charge is -2.37. The van der Waals surface area contributed by atoms with Gasteiger partial charge in [-0.25, -0.2) is 4.79 Å². The molecule has 3 unspecified atom stereocenters. The molecule has 3 aromatic rings. The zero-order valence-corrected chi connectivity index (χ0v) is 24.8. The van der Waals surface area contributed by atoms with Crippen LogP contribution in [0.5, 0.6) is 11.5 Å². The fourth-order valence-electron chi connectivity index (χ4n) is 5.54. The van der Waals surface area contributed by atoms with Crippen LogP contribution in [0.1, 0.15) is 62.4 Å². The Bertz CT molecular complexity index is 1380. The molecule has 40 heavy (non-hydrogen) atoms. The molecule has 0 aliphatic carbocycles. The number of hydrogen-bond donors (Lipinski definition) is 0. The summed E-state index contributed by atoms with van der Waals surface area (Å²) in [5, 5.41) is 1.28. The number of urea groups is 1. The van der Waals surface area contributed by atoms with E-state index in [-0.39, 0.29) is 18.2 Å². The molecular weight excluding hydrogens is 545 g/mol. The fraction of sp³-hybridized carbons (Fsp3) is 0.375. The number of carbonyl (C=O) groups is 1. The Hall–Kier alpha value is -3.22. The van der Waals surface area contributed by atoms with Crippen LogP contribution in [0.2, 0.25) is 10.0 Å². The molecule has 2 amide bonds. The van der Waals surface area contributed by atoms with E-state index in [0.29, 0.717) is 46.4 Å². The monoisotopic (exact) mass is 579 g/mol.